The van der Waals surface area contributed by atoms with E-state index in [1.807, 2.05) is 24.0 Å². The lowest BCUT2D eigenvalue weighted by atomic mass is 10.1. The van der Waals surface area contributed by atoms with Gasteiger partial charge in [0.25, 0.3) is 0 Å². The zero-order valence-electron chi connectivity index (χ0n) is 9.08. The van der Waals surface area contributed by atoms with Crippen LogP contribution in [-0.2, 0) is 11.3 Å². The molecule has 0 saturated carbocycles. The largest absolute Gasteiger partial charge is 0.339 e. The summed E-state index contributed by atoms with van der Waals surface area (Å²) >= 11 is 0. The number of benzene rings is 1. The first kappa shape index (κ1) is 10.8. The fourth-order valence-corrected chi connectivity index (χ4v) is 1.44. The van der Waals surface area contributed by atoms with Crippen LogP contribution in [0.2, 0.25) is 0 Å². The lowest BCUT2D eigenvalue weighted by molar-refractivity contribution is -0.129. The molecule has 0 spiro atoms. The second-order valence-corrected chi connectivity index (χ2v) is 3.46. The molecule has 0 atom stereocenters. The Morgan fingerprint density at radius 3 is 2.50 bits per heavy atom. The maximum absolute atomic E-state index is 11.2. The van der Waals surface area contributed by atoms with Gasteiger partial charge in [0.1, 0.15) is 0 Å². The summed E-state index contributed by atoms with van der Waals surface area (Å²) in [4.78, 5) is 13.1. The van der Waals surface area contributed by atoms with Crippen molar-refractivity contribution < 1.29 is 4.79 Å². The fourth-order valence-electron chi connectivity index (χ4n) is 1.44. The van der Waals surface area contributed by atoms with E-state index in [2.05, 4.69) is 19.1 Å². The summed E-state index contributed by atoms with van der Waals surface area (Å²) in [6.45, 7) is 7.17. The number of rotatable bonds is 3. The van der Waals surface area contributed by atoms with Crippen molar-refractivity contribution >= 4 is 5.91 Å². The summed E-state index contributed by atoms with van der Waals surface area (Å²) in [6.07, 6.45) is 0. The van der Waals surface area contributed by atoms with Gasteiger partial charge in [0.15, 0.2) is 0 Å². The highest BCUT2D eigenvalue weighted by Gasteiger charge is 2.07. The van der Waals surface area contributed by atoms with Gasteiger partial charge in [-0.2, -0.15) is 0 Å². The number of carbonyl (C=O) groups excluding carboxylic acids is 1. The molecule has 1 aromatic carbocycles. The van der Waals surface area contributed by atoms with E-state index in [1.165, 1.54) is 11.1 Å². The lowest BCUT2D eigenvalue weighted by Gasteiger charge is -2.19. The molecule has 0 aliphatic heterocycles. The number of nitrogens with zero attached hydrogens (tertiary/aromatic N) is 1. The van der Waals surface area contributed by atoms with Gasteiger partial charge < -0.3 is 4.90 Å². The summed E-state index contributed by atoms with van der Waals surface area (Å²) in [6, 6.07) is 8.17. The summed E-state index contributed by atoms with van der Waals surface area (Å²) in [7, 11) is 0. The van der Waals surface area contributed by atoms with Crippen LogP contribution in [0.3, 0.4) is 0 Å². The molecule has 0 aromatic heterocycles. The van der Waals surface area contributed by atoms with E-state index in [-0.39, 0.29) is 5.91 Å². The molecule has 0 bridgehead atoms. The molecule has 0 heterocycles. The van der Waals surface area contributed by atoms with E-state index in [9.17, 15) is 4.79 Å². The van der Waals surface area contributed by atoms with Crippen LogP contribution in [0.5, 0.6) is 0 Å². The van der Waals surface area contributed by atoms with Crippen molar-refractivity contribution in [3.8, 4) is 0 Å². The Morgan fingerprint density at radius 1 is 1.36 bits per heavy atom. The second kappa shape index (κ2) is 4.80. The van der Waals surface area contributed by atoms with Gasteiger partial charge in [-0.1, -0.05) is 24.3 Å². The second-order valence-electron chi connectivity index (χ2n) is 3.46. The fraction of sp³-hybridized carbons (Fsp3) is 0.417. The Bertz CT molecular complexity index is 320. The van der Waals surface area contributed by atoms with Gasteiger partial charge in [-0.15, -0.1) is 0 Å². The third-order valence-electron chi connectivity index (χ3n) is 2.45. The molecule has 1 aromatic rings. The van der Waals surface area contributed by atoms with Gasteiger partial charge >= 0.3 is 0 Å². The Hall–Kier alpha value is -1.31. The zero-order valence-corrected chi connectivity index (χ0v) is 9.08. The molecule has 1 rings (SSSR count). The first-order valence-electron chi connectivity index (χ1n) is 4.95. The summed E-state index contributed by atoms with van der Waals surface area (Å²) < 4.78 is 0. The number of hydrogen-bond donors (Lipinski definition) is 0. The predicted octanol–water partition coefficient (Wildman–Crippen LogP) is 2.36. The van der Waals surface area contributed by atoms with Crippen LogP contribution >= 0.6 is 0 Å². The maximum Gasteiger partial charge on any atom is 0.219 e. The van der Waals surface area contributed by atoms with E-state index in [1.54, 1.807) is 6.92 Å². The Balaban J connectivity index is 2.77. The van der Waals surface area contributed by atoms with E-state index in [4.69, 9.17) is 0 Å². The number of amides is 1. The van der Waals surface area contributed by atoms with Gasteiger partial charge in [-0.3, -0.25) is 4.79 Å². The molecule has 2 nitrogen and oxygen atoms in total. The van der Waals surface area contributed by atoms with Gasteiger partial charge in [0, 0.05) is 20.0 Å². The molecule has 0 aliphatic carbocycles. The number of hydrogen-bond acceptors (Lipinski definition) is 1. The van der Waals surface area contributed by atoms with Crippen molar-refractivity contribution in [2.24, 2.45) is 0 Å². The topological polar surface area (TPSA) is 20.3 Å². The average molecular weight is 191 g/mol. The van der Waals surface area contributed by atoms with Crippen molar-refractivity contribution in [1.29, 1.82) is 0 Å². The predicted molar refractivity (Wildman–Crippen MR) is 57.9 cm³/mol. The Kier molecular flexibility index (Phi) is 3.69. The maximum atomic E-state index is 11.2. The first-order chi connectivity index (χ1) is 6.65. The molecule has 14 heavy (non-hydrogen) atoms. The van der Waals surface area contributed by atoms with Gasteiger partial charge in [0.2, 0.25) is 5.91 Å². The smallest absolute Gasteiger partial charge is 0.219 e. The molecular formula is C12H17NO. The van der Waals surface area contributed by atoms with Crippen molar-refractivity contribution in [2.45, 2.75) is 27.3 Å². The van der Waals surface area contributed by atoms with E-state index >= 15 is 0 Å². The van der Waals surface area contributed by atoms with E-state index in [0.717, 1.165) is 13.1 Å². The minimum Gasteiger partial charge on any atom is -0.339 e. The first-order valence-corrected chi connectivity index (χ1v) is 4.95. The summed E-state index contributed by atoms with van der Waals surface area (Å²) in [5, 5.41) is 0. The molecule has 0 saturated heterocycles. The van der Waals surface area contributed by atoms with Crippen LogP contribution in [0.1, 0.15) is 25.0 Å². The molecule has 0 N–H and O–H groups in total. The highest BCUT2D eigenvalue weighted by atomic mass is 16.2. The molecule has 76 valence electrons. The van der Waals surface area contributed by atoms with Crippen LogP contribution < -0.4 is 0 Å². The van der Waals surface area contributed by atoms with Crippen molar-refractivity contribution in [2.75, 3.05) is 6.54 Å². The highest BCUT2D eigenvalue weighted by Crippen LogP contribution is 2.10. The van der Waals surface area contributed by atoms with Crippen LogP contribution in [0.25, 0.3) is 0 Å². The molecular weight excluding hydrogens is 174 g/mol. The molecule has 0 unspecified atom stereocenters. The van der Waals surface area contributed by atoms with Gasteiger partial charge in [-0.05, 0) is 25.0 Å². The number of carbonyl (C=O) groups is 1. The SMILES string of the molecule is CCN(Cc1ccccc1C)C(C)=O. The van der Waals surface area contributed by atoms with Crippen molar-refractivity contribution in [3.05, 3.63) is 35.4 Å². The lowest BCUT2D eigenvalue weighted by Crippen LogP contribution is -2.27. The van der Waals surface area contributed by atoms with Crippen LogP contribution in [0, 0.1) is 6.92 Å². The van der Waals surface area contributed by atoms with Gasteiger partial charge in [0.05, 0.1) is 0 Å². The van der Waals surface area contributed by atoms with E-state index in [0.29, 0.717) is 0 Å². The molecule has 1 amide bonds. The van der Waals surface area contributed by atoms with Crippen LogP contribution in [0.15, 0.2) is 24.3 Å². The van der Waals surface area contributed by atoms with Crippen LogP contribution in [-0.4, -0.2) is 17.4 Å². The highest BCUT2D eigenvalue weighted by molar-refractivity contribution is 5.73. The third-order valence-corrected chi connectivity index (χ3v) is 2.45. The molecule has 2 heteroatoms. The Labute approximate surface area is 85.5 Å². The molecule has 0 fully saturated rings. The quantitative estimate of drug-likeness (QED) is 0.718. The van der Waals surface area contributed by atoms with Crippen LogP contribution in [0.4, 0.5) is 0 Å². The van der Waals surface area contributed by atoms with Crippen molar-refractivity contribution in [3.63, 3.8) is 0 Å². The minimum absolute atomic E-state index is 0.135. The van der Waals surface area contributed by atoms with Gasteiger partial charge in [-0.25, -0.2) is 0 Å². The van der Waals surface area contributed by atoms with Crippen molar-refractivity contribution in [1.82, 2.24) is 4.90 Å². The zero-order chi connectivity index (χ0) is 10.6. The Morgan fingerprint density at radius 2 is 2.00 bits per heavy atom. The standard InChI is InChI=1S/C12H17NO/c1-4-13(11(3)14)9-12-8-6-5-7-10(12)2/h5-8H,4,9H2,1-3H3. The minimum atomic E-state index is 0.135. The van der Waals surface area contributed by atoms with E-state index < -0.39 is 0 Å². The molecule has 0 aliphatic rings. The molecule has 0 radical (unpaired) electrons. The third kappa shape index (κ3) is 2.59. The normalized spacial score (nSPS) is 9.93. The summed E-state index contributed by atoms with van der Waals surface area (Å²) in [5.74, 6) is 0.135. The number of aryl methyl sites for hydroxylation is 1. The average Bonchev–Trinajstić information content (AvgIpc) is 2.16. The summed E-state index contributed by atoms with van der Waals surface area (Å²) in [5.41, 5.74) is 2.47. The monoisotopic (exact) mass is 191 g/mol.